The van der Waals surface area contributed by atoms with Crippen LogP contribution in [0.4, 0.5) is 0 Å². The van der Waals surface area contributed by atoms with Crippen LogP contribution in [0.2, 0.25) is 0 Å². The average Bonchev–Trinajstić information content (AvgIpc) is 3.22. The monoisotopic (exact) mass is 387 g/mol. The Bertz CT molecular complexity index is 931. The van der Waals surface area contributed by atoms with E-state index in [1.54, 1.807) is 12.4 Å². The maximum atomic E-state index is 12.5. The molecule has 1 amide bonds. The van der Waals surface area contributed by atoms with Gasteiger partial charge in [0.2, 0.25) is 5.91 Å². The van der Waals surface area contributed by atoms with Gasteiger partial charge in [0.15, 0.2) is 0 Å². The lowest BCUT2D eigenvalue weighted by Crippen LogP contribution is -2.32. The first kappa shape index (κ1) is 19.2. The van der Waals surface area contributed by atoms with E-state index in [0.717, 1.165) is 43.1 Å². The number of carbonyl (C=O) groups is 1. The Balaban J connectivity index is 1.28. The number of nitrogens with zero attached hydrogens (tertiary/aromatic N) is 2. The summed E-state index contributed by atoms with van der Waals surface area (Å²) in [6, 6.07) is 21.8. The Kier molecular flexibility index (Phi) is 6.17. The zero-order valence-corrected chi connectivity index (χ0v) is 16.3. The summed E-state index contributed by atoms with van der Waals surface area (Å²) in [5.41, 5.74) is 2.21. The summed E-state index contributed by atoms with van der Waals surface area (Å²) in [6.45, 7) is 3.05. The van der Waals surface area contributed by atoms with Crippen LogP contribution in [0.25, 0.3) is 0 Å². The largest absolute Gasteiger partial charge is 0.457 e. The van der Waals surface area contributed by atoms with Gasteiger partial charge in [-0.15, -0.1) is 0 Å². The van der Waals surface area contributed by atoms with Crippen molar-refractivity contribution in [2.45, 2.75) is 19.5 Å². The second kappa shape index (κ2) is 9.34. The minimum atomic E-state index is 0.0374. The summed E-state index contributed by atoms with van der Waals surface area (Å²) >= 11 is 0. The number of pyridine rings is 1. The minimum Gasteiger partial charge on any atom is -0.457 e. The van der Waals surface area contributed by atoms with Gasteiger partial charge in [0.05, 0.1) is 5.92 Å². The average molecular weight is 387 g/mol. The molecule has 5 heteroatoms. The van der Waals surface area contributed by atoms with Crippen LogP contribution in [0, 0.1) is 5.92 Å². The van der Waals surface area contributed by atoms with Gasteiger partial charge in [-0.05, 0) is 54.4 Å². The lowest BCUT2D eigenvalue weighted by Gasteiger charge is -2.17. The molecule has 3 aromatic rings. The van der Waals surface area contributed by atoms with Crippen LogP contribution in [-0.2, 0) is 17.9 Å². The van der Waals surface area contributed by atoms with Crippen molar-refractivity contribution < 1.29 is 9.53 Å². The zero-order chi connectivity index (χ0) is 19.9. The summed E-state index contributed by atoms with van der Waals surface area (Å²) < 4.78 is 5.93. The van der Waals surface area contributed by atoms with Crippen LogP contribution < -0.4 is 10.1 Å². The number of hydrogen-bond acceptors (Lipinski definition) is 4. The van der Waals surface area contributed by atoms with Crippen molar-refractivity contribution in [3.8, 4) is 11.5 Å². The number of para-hydroxylation sites is 1. The second-order valence-corrected chi connectivity index (χ2v) is 7.36. The Labute approximate surface area is 171 Å². The molecule has 1 atom stereocenters. The molecule has 2 aromatic carbocycles. The summed E-state index contributed by atoms with van der Waals surface area (Å²) in [5.74, 6) is 1.82. The van der Waals surface area contributed by atoms with E-state index in [4.69, 9.17) is 4.74 Å². The third kappa shape index (κ3) is 5.42. The molecule has 1 fully saturated rings. The van der Waals surface area contributed by atoms with Crippen LogP contribution in [0.3, 0.4) is 0 Å². The van der Waals surface area contributed by atoms with Crippen molar-refractivity contribution in [3.63, 3.8) is 0 Å². The molecule has 1 aliphatic heterocycles. The Morgan fingerprint density at radius 3 is 2.69 bits per heavy atom. The first-order valence-electron chi connectivity index (χ1n) is 9.97. The molecule has 148 valence electrons. The van der Waals surface area contributed by atoms with E-state index in [1.165, 1.54) is 5.56 Å². The molecular weight excluding hydrogens is 362 g/mol. The summed E-state index contributed by atoms with van der Waals surface area (Å²) in [5, 5.41) is 3.04. The van der Waals surface area contributed by atoms with E-state index in [1.807, 2.05) is 54.6 Å². The number of nitrogens with one attached hydrogen (secondary N) is 1. The molecule has 0 aliphatic carbocycles. The highest BCUT2D eigenvalue weighted by Gasteiger charge is 2.28. The number of ether oxygens (including phenoxy) is 1. The van der Waals surface area contributed by atoms with Crippen molar-refractivity contribution in [3.05, 3.63) is 90.3 Å². The molecule has 29 heavy (non-hydrogen) atoms. The maximum absolute atomic E-state index is 12.5. The second-order valence-electron chi connectivity index (χ2n) is 7.36. The summed E-state index contributed by atoms with van der Waals surface area (Å²) in [7, 11) is 0. The Morgan fingerprint density at radius 1 is 1.03 bits per heavy atom. The SMILES string of the molecule is O=C(NCc1cccnc1)[C@@H]1CCN(Cc2cccc(Oc3ccccc3)c2)C1. The van der Waals surface area contributed by atoms with E-state index in [-0.39, 0.29) is 11.8 Å². The molecule has 1 saturated heterocycles. The standard InChI is InChI=1S/C24H25N3O2/c28-24(26-16-20-7-5-12-25-15-20)21-11-13-27(18-21)17-19-6-4-10-23(14-19)29-22-8-2-1-3-9-22/h1-10,12,14-15,21H,11,13,16-18H2,(H,26,28)/t21-/m1/s1. The topological polar surface area (TPSA) is 54.5 Å². The number of hydrogen-bond donors (Lipinski definition) is 1. The smallest absolute Gasteiger partial charge is 0.224 e. The quantitative estimate of drug-likeness (QED) is 0.665. The van der Waals surface area contributed by atoms with E-state index in [9.17, 15) is 4.79 Å². The number of aromatic nitrogens is 1. The van der Waals surface area contributed by atoms with Crippen molar-refractivity contribution >= 4 is 5.91 Å². The van der Waals surface area contributed by atoms with Crippen molar-refractivity contribution in [1.82, 2.24) is 15.2 Å². The van der Waals surface area contributed by atoms with E-state index in [0.29, 0.717) is 6.54 Å². The van der Waals surface area contributed by atoms with Crippen LogP contribution in [0.5, 0.6) is 11.5 Å². The van der Waals surface area contributed by atoms with Gasteiger partial charge >= 0.3 is 0 Å². The van der Waals surface area contributed by atoms with Crippen LogP contribution in [0.15, 0.2) is 79.1 Å². The highest BCUT2D eigenvalue weighted by Crippen LogP contribution is 2.24. The molecule has 0 spiro atoms. The van der Waals surface area contributed by atoms with E-state index in [2.05, 4.69) is 27.3 Å². The minimum absolute atomic E-state index is 0.0374. The summed E-state index contributed by atoms with van der Waals surface area (Å²) in [4.78, 5) is 18.9. The summed E-state index contributed by atoms with van der Waals surface area (Å²) in [6.07, 6.45) is 4.41. The first-order valence-corrected chi connectivity index (χ1v) is 9.97. The predicted octanol–water partition coefficient (Wildman–Crippen LogP) is 4.01. The van der Waals surface area contributed by atoms with Gasteiger partial charge < -0.3 is 10.1 Å². The molecule has 4 rings (SSSR count). The van der Waals surface area contributed by atoms with Gasteiger partial charge in [-0.2, -0.15) is 0 Å². The van der Waals surface area contributed by atoms with E-state index >= 15 is 0 Å². The lowest BCUT2D eigenvalue weighted by atomic mass is 10.1. The number of rotatable bonds is 7. The molecule has 1 N–H and O–H groups in total. The highest BCUT2D eigenvalue weighted by atomic mass is 16.5. The molecule has 1 aromatic heterocycles. The van der Waals surface area contributed by atoms with E-state index < -0.39 is 0 Å². The number of carbonyl (C=O) groups excluding carboxylic acids is 1. The molecular formula is C24H25N3O2. The number of likely N-dealkylation sites (tertiary alicyclic amines) is 1. The van der Waals surface area contributed by atoms with Crippen molar-refractivity contribution in [1.29, 1.82) is 0 Å². The van der Waals surface area contributed by atoms with Gasteiger partial charge in [-0.25, -0.2) is 0 Å². The van der Waals surface area contributed by atoms with Gasteiger partial charge in [0, 0.05) is 32.0 Å². The number of amides is 1. The fourth-order valence-corrected chi connectivity index (χ4v) is 3.62. The third-order valence-electron chi connectivity index (χ3n) is 5.12. The van der Waals surface area contributed by atoms with Gasteiger partial charge in [0.1, 0.15) is 11.5 Å². The maximum Gasteiger partial charge on any atom is 0.224 e. The Hall–Kier alpha value is -3.18. The van der Waals surface area contributed by atoms with Crippen molar-refractivity contribution in [2.24, 2.45) is 5.92 Å². The van der Waals surface area contributed by atoms with Gasteiger partial charge in [-0.1, -0.05) is 36.4 Å². The normalized spacial score (nSPS) is 16.5. The molecule has 0 unspecified atom stereocenters. The molecule has 1 aliphatic rings. The fourth-order valence-electron chi connectivity index (χ4n) is 3.62. The molecule has 0 radical (unpaired) electrons. The third-order valence-corrected chi connectivity index (χ3v) is 5.12. The first-order chi connectivity index (χ1) is 14.3. The van der Waals surface area contributed by atoms with Gasteiger partial charge in [-0.3, -0.25) is 14.7 Å². The van der Waals surface area contributed by atoms with Crippen LogP contribution in [-0.4, -0.2) is 28.9 Å². The highest BCUT2D eigenvalue weighted by molar-refractivity contribution is 5.79. The Morgan fingerprint density at radius 2 is 1.86 bits per heavy atom. The van der Waals surface area contributed by atoms with Crippen LogP contribution >= 0.6 is 0 Å². The molecule has 2 heterocycles. The fraction of sp³-hybridized carbons (Fsp3) is 0.250. The van der Waals surface area contributed by atoms with Gasteiger partial charge in [0.25, 0.3) is 0 Å². The molecule has 0 bridgehead atoms. The number of benzene rings is 2. The molecule has 0 saturated carbocycles. The predicted molar refractivity (Wildman–Crippen MR) is 112 cm³/mol. The molecule has 5 nitrogen and oxygen atoms in total. The lowest BCUT2D eigenvalue weighted by molar-refractivity contribution is -0.124. The van der Waals surface area contributed by atoms with Crippen LogP contribution in [0.1, 0.15) is 17.5 Å². The van der Waals surface area contributed by atoms with Crippen molar-refractivity contribution in [2.75, 3.05) is 13.1 Å². The zero-order valence-electron chi connectivity index (χ0n) is 16.3.